The summed E-state index contributed by atoms with van der Waals surface area (Å²) in [6.45, 7) is 4.90. The minimum Gasteiger partial charge on any atom is -0.494 e. The fourth-order valence-electron chi connectivity index (χ4n) is 2.09. The van der Waals surface area contributed by atoms with Gasteiger partial charge < -0.3 is 15.4 Å². The fraction of sp³-hybridized carbons (Fsp3) is 0.429. The van der Waals surface area contributed by atoms with Crippen LogP contribution in [0.15, 0.2) is 29.8 Å². The van der Waals surface area contributed by atoms with E-state index in [0.717, 1.165) is 19.5 Å². The summed E-state index contributed by atoms with van der Waals surface area (Å²) in [6, 6.07) is 4.76. The molecule has 0 spiro atoms. The van der Waals surface area contributed by atoms with Gasteiger partial charge in [-0.25, -0.2) is 0 Å². The van der Waals surface area contributed by atoms with Crippen LogP contribution in [0.5, 0.6) is 5.75 Å². The van der Waals surface area contributed by atoms with Gasteiger partial charge in [-0.05, 0) is 19.9 Å². The molecule has 0 aliphatic carbocycles. The van der Waals surface area contributed by atoms with E-state index in [9.17, 15) is 10.1 Å². The van der Waals surface area contributed by atoms with Crippen LogP contribution in [0, 0.1) is 10.1 Å². The monoisotopic (exact) mass is 277 g/mol. The predicted octanol–water partition coefficient (Wildman–Crippen LogP) is 2.33. The van der Waals surface area contributed by atoms with Gasteiger partial charge in [0, 0.05) is 30.9 Å². The molecule has 20 heavy (non-hydrogen) atoms. The lowest BCUT2D eigenvalue weighted by atomic mass is 10.1. The highest BCUT2D eigenvalue weighted by Crippen LogP contribution is 2.26. The third kappa shape index (κ3) is 3.96. The highest BCUT2D eigenvalue weighted by Gasteiger charge is 2.11. The molecule has 0 radical (unpaired) electrons. The van der Waals surface area contributed by atoms with Crippen LogP contribution in [-0.2, 0) is 0 Å². The average Bonchev–Trinajstić information content (AvgIpc) is 2.46. The smallest absolute Gasteiger partial charge is 0.275 e. The zero-order valence-corrected chi connectivity index (χ0v) is 11.5. The van der Waals surface area contributed by atoms with Gasteiger partial charge in [0.25, 0.3) is 5.69 Å². The van der Waals surface area contributed by atoms with E-state index in [1.807, 2.05) is 6.92 Å². The van der Waals surface area contributed by atoms with Crippen LogP contribution >= 0.6 is 0 Å². The summed E-state index contributed by atoms with van der Waals surface area (Å²) in [5.41, 5.74) is 2.06. The second kappa shape index (κ2) is 6.91. The van der Waals surface area contributed by atoms with E-state index in [0.29, 0.717) is 24.6 Å². The SMILES string of the molecule is CCOc1cc(NCC2=CCNCC2)cc([N+](=O)[O-])c1. The number of hydrogen-bond acceptors (Lipinski definition) is 5. The minimum atomic E-state index is -0.405. The second-order valence-corrected chi connectivity index (χ2v) is 4.58. The number of non-ortho nitro benzene ring substituents is 1. The number of ether oxygens (including phenoxy) is 1. The Bertz CT molecular complexity index is 514. The standard InChI is InChI=1S/C14H19N3O3/c1-2-20-14-8-12(7-13(9-14)17(18)19)16-10-11-3-5-15-6-4-11/h3,7-9,15-16H,2,4-6,10H2,1H3. The molecule has 108 valence electrons. The van der Waals surface area contributed by atoms with Gasteiger partial charge in [-0.15, -0.1) is 0 Å². The molecule has 0 aromatic heterocycles. The van der Waals surface area contributed by atoms with Crippen molar-refractivity contribution in [3.05, 3.63) is 40.0 Å². The third-order valence-electron chi connectivity index (χ3n) is 3.09. The maximum absolute atomic E-state index is 10.9. The van der Waals surface area contributed by atoms with Crippen molar-refractivity contribution >= 4 is 11.4 Å². The van der Waals surface area contributed by atoms with Gasteiger partial charge in [-0.2, -0.15) is 0 Å². The number of anilines is 1. The van der Waals surface area contributed by atoms with Gasteiger partial charge >= 0.3 is 0 Å². The van der Waals surface area contributed by atoms with Crippen molar-refractivity contribution in [2.24, 2.45) is 0 Å². The Kier molecular flexibility index (Phi) is 4.95. The molecule has 1 heterocycles. The molecule has 1 aliphatic rings. The first kappa shape index (κ1) is 14.3. The maximum Gasteiger partial charge on any atom is 0.275 e. The lowest BCUT2D eigenvalue weighted by Crippen LogP contribution is -2.23. The number of nitrogens with one attached hydrogen (secondary N) is 2. The Morgan fingerprint density at radius 1 is 1.45 bits per heavy atom. The van der Waals surface area contributed by atoms with E-state index in [1.165, 1.54) is 17.7 Å². The van der Waals surface area contributed by atoms with E-state index >= 15 is 0 Å². The Labute approximate surface area is 118 Å². The van der Waals surface area contributed by atoms with Crippen LogP contribution in [-0.4, -0.2) is 31.2 Å². The molecule has 2 rings (SSSR count). The Morgan fingerprint density at radius 2 is 2.30 bits per heavy atom. The molecule has 0 amide bonds. The van der Waals surface area contributed by atoms with Crippen LogP contribution in [0.25, 0.3) is 0 Å². The van der Waals surface area contributed by atoms with Crippen molar-refractivity contribution in [1.82, 2.24) is 5.32 Å². The van der Waals surface area contributed by atoms with Gasteiger partial charge in [0.15, 0.2) is 0 Å². The maximum atomic E-state index is 10.9. The fourth-order valence-corrected chi connectivity index (χ4v) is 2.09. The van der Waals surface area contributed by atoms with E-state index in [1.54, 1.807) is 6.07 Å². The zero-order chi connectivity index (χ0) is 14.4. The summed E-state index contributed by atoms with van der Waals surface area (Å²) in [6.07, 6.45) is 3.15. The van der Waals surface area contributed by atoms with Gasteiger partial charge in [-0.3, -0.25) is 10.1 Å². The average molecular weight is 277 g/mol. The predicted molar refractivity (Wildman–Crippen MR) is 78.3 cm³/mol. The minimum absolute atomic E-state index is 0.0396. The molecule has 0 saturated carbocycles. The van der Waals surface area contributed by atoms with Crippen LogP contribution < -0.4 is 15.4 Å². The summed E-state index contributed by atoms with van der Waals surface area (Å²) < 4.78 is 5.36. The molecule has 1 aliphatic heterocycles. The van der Waals surface area contributed by atoms with Crippen LogP contribution in [0.4, 0.5) is 11.4 Å². The first-order valence-corrected chi connectivity index (χ1v) is 6.74. The number of nitro benzene ring substituents is 1. The summed E-state index contributed by atoms with van der Waals surface area (Å²) >= 11 is 0. The van der Waals surface area contributed by atoms with Crippen molar-refractivity contribution in [3.63, 3.8) is 0 Å². The van der Waals surface area contributed by atoms with E-state index in [4.69, 9.17) is 4.74 Å². The van der Waals surface area contributed by atoms with Crippen molar-refractivity contribution in [3.8, 4) is 5.75 Å². The van der Waals surface area contributed by atoms with Crippen molar-refractivity contribution < 1.29 is 9.66 Å². The molecule has 0 atom stereocenters. The second-order valence-electron chi connectivity index (χ2n) is 4.58. The first-order valence-electron chi connectivity index (χ1n) is 6.74. The van der Waals surface area contributed by atoms with Gasteiger partial charge in [0.1, 0.15) is 5.75 Å². The van der Waals surface area contributed by atoms with Crippen molar-refractivity contribution in [1.29, 1.82) is 0 Å². The number of benzene rings is 1. The van der Waals surface area contributed by atoms with E-state index in [2.05, 4.69) is 16.7 Å². The molecular weight excluding hydrogens is 258 g/mol. The Hall–Kier alpha value is -2.08. The number of nitrogens with zero attached hydrogens (tertiary/aromatic N) is 1. The third-order valence-corrected chi connectivity index (χ3v) is 3.09. The Morgan fingerprint density at radius 3 is 2.95 bits per heavy atom. The highest BCUT2D eigenvalue weighted by atomic mass is 16.6. The molecule has 0 unspecified atom stereocenters. The molecular formula is C14H19N3O3. The number of nitro groups is 1. The quantitative estimate of drug-likeness (QED) is 0.474. The van der Waals surface area contributed by atoms with Crippen LogP contribution in [0.2, 0.25) is 0 Å². The summed E-state index contributed by atoms with van der Waals surface area (Å²) in [5.74, 6) is 0.517. The van der Waals surface area contributed by atoms with Crippen molar-refractivity contribution in [2.45, 2.75) is 13.3 Å². The van der Waals surface area contributed by atoms with E-state index < -0.39 is 4.92 Å². The largest absolute Gasteiger partial charge is 0.494 e. The molecule has 2 N–H and O–H groups in total. The van der Waals surface area contributed by atoms with Gasteiger partial charge in [0.05, 0.1) is 17.6 Å². The molecule has 0 saturated heterocycles. The van der Waals surface area contributed by atoms with Crippen LogP contribution in [0.3, 0.4) is 0 Å². The molecule has 0 bridgehead atoms. The molecule has 6 heteroatoms. The molecule has 0 fully saturated rings. The zero-order valence-electron chi connectivity index (χ0n) is 11.5. The highest BCUT2D eigenvalue weighted by molar-refractivity contribution is 5.56. The van der Waals surface area contributed by atoms with Gasteiger partial charge in [-0.1, -0.05) is 11.6 Å². The topological polar surface area (TPSA) is 76.4 Å². The van der Waals surface area contributed by atoms with Crippen molar-refractivity contribution in [2.75, 3.05) is 31.6 Å². The summed E-state index contributed by atoms with van der Waals surface area (Å²) in [5, 5.41) is 17.4. The lowest BCUT2D eigenvalue weighted by Gasteiger charge is -2.15. The number of hydrogen-bond donors (Lipinski definition) is 2. The molecule has 1 aromatic carbocycles. The Balaban J connectivity index is 2.09. The normalized spacial score (nSPS) is 14.6. The first-order chi connectivity index (χ1) is 9.69. The van der Waals surface area contributed by atoms with Crippen LogP contribution in [0.1, 0.15) is 13.3 Å². The van der Waals surface area contributed by atoms with Gasteiger partial charge in [0.2, 0.25) is 0 Å². The molecule has 1 aromatic rings. The molecule has 6 nitrogen and oxygen atoms in total. The lowest BCUT2D eigenvalue weighted by molar-refractivity contribution is -0.384. The van der Waals surface area contributed by atoms with E-state index in [-0.39, 0.29) is 5.69 Å². The number of rotatable bonds is 6. The summed E-state index contributed by atoms with van der Waals surface area (Å²) in [7, 11) is 0. The summed E-state index contributed by atoms with van der Waals surface area (Å²) in [4.78, 5) is 10.5.